The second-order valence-electron chi connectivity index (χ2n) is 5.87. The summed E-state index contributed by atoms with van der Waals surface area (Å²) in [4.78, 5) is 7.13. The maximum Gasteiger partial charge on any atom is 0.205 e. The van der Waals surface area contributed by atoms with Crippen molar-refractivity contribution < 1.29 is 4.74 Å². The maximum atomic E-state index is 6.06. The van der Waals surface area contributed by atoms with E-state index < -0.39 is 0 Å². The number of aromatic nitrogens is 2. The molecule has 3 fully saturated rings. The molecule has 2 heterocycles. The molecule has 18 heavy (non-hydrogen) atoms. The average molecular weight is 265 g/mol. The fraction of sp³-hybridized carbons (Fsp3) is 0.846. The van der Waals surface area contributed by atoms with Crippen molar-refractivity contribution in [2.45, 2.75) is 50.0 Å². The largest absolute Gasteiger partial charge is 0.371 e. The molecular weight excluding hydrogens is 246 g/mol. The smallest absolute Gasteiger partial charge is 0.205 e. The number of ether oxygens (including phenoxy) is 1. The highest BCUT2D eigenvalue weighted by atomic mass is 32.1. The van der Waals surface area contributed by atoms with Crippen molar-refractivity contribution in [1.29, 1.82) is 0 Å². The molecule has 98 valence electrons. The SMILES string of the molecule is C1CCC2(C1)CN(c1nc(C3CC3)ns1)CCO2. The topological polar surface area (TPSA) is 38.2 Å². The van der Waals surface area contributed by atoms with E-state index in [0.717, 1.165) is 30.7 Å². The lowest BCUT2D eigenvalue weighted by Crippen LogP contribution is -2.50. The molecular formula is C13H19N3OS. The number of hydrogen-bond acceptors (Lipinski definition) is 5. The minimum absolute atomic E-state index is 0.129. The summed E-state index contributed by atoms with van der Waals surface area (Å²) in [5.41, 5.74) is 0.129. The van der Waals surface area contributed by atoms with Crippen molar-refractivity contribution in [3.63, 3.8) is 0 Å². The number of hydrogen-bond donors (Lipinski definition) is 0. The molecule has 0 amide bonds. The summed E-state index contributed by atoms with van der Waals surface area (Å²) in [7, 11) is 0. The molecule has 1 aromatic rings. The van der Waals surface area contributed by atoms with Crippen molar-refractivity contribution in [3.05, 3.63) is 5.82 Å². The Balaban J connectivity index is 1.52. The van der Waals surface area contributed by atoms with Gasteiger partial charge in [-0.05, 0) is 25.7 Å². The van der Waals surface area contributed by atoms with E-state index in [1.165, 1.54) is 38.5 Å². The Hall–Kier alpha value is -0.680. The van der Waals surface area contributed by atoms with Crippen molar-refractivity contribution in [2.24, 2.45) is 0 Å². The summed E-state index contributed by atoms with van der Waals surface area (Å²) >= 11 is 1.58. The molecule has 0 atom stereocenters. The van der Waals surface area contributed by atoms with Crippen LogP contribution in [0.2, 0.25) is 0 Å². The molecule has 1 saturated heterocycles. The Bertz CT molecular complexity index is 437. The third kappa shape index (κ3) is 1.93. The van der Waals surface area contributed by atoms with Gasteiger partial charge in [-0.2, -0.15) is 4.37 Å². The van der Waals surface area contributed by atoms with Gasteiger partial charge in [0.1, 0.15) is 5.82 Å². The van der Waals surface area contributed by atoms with Crippen LogP contribution in [0.5, 0.6) is 0 Å². The molecule has 0 N–H and O–H groups in total. The molecule has 3 aliphatic rings. The first-order chi connectivity index (χ1) is 8.85. The standard InChI is InChI=1S/C13H19N3OS/c1-2-6-13(5-1)9-16(7-8-17-13)12-14-11(15-18-12)10-3-4-10/h10H,1-9H2. The quantitative estimate of drug-likeness (QED) is 0.823. The molecule has 0 radical (unpaired) electrons. The second kappa shape index (κ2) is 4.17. The van der Waals surface area contributed by atoms with Gasteiger partial charge in [0.2, 0.25) is 5.13 Å². The molecule has 1 aliphatic heterocycles. The normalized spacial score (nSPS) is 27.0. The predicted molar refractivity (Wildman–Crippen MR) is 71.2 cm³/mol. The highest BCUT2D eigenvalue weighted by molar-refractivity contribution is 7.09. The summed E-state index contributed by atoms with van der Waals surface area (Å²) in [6.07, 6.45) is 7.64. The zero-order chi connectivity index (χ0) is 12.0. The third-order valence-electron chi connectivity index (χ3n) is 4.41. The molecule has 0 bridgehead atoms. The Morgan fingerprint density at radius 2 is 2.11 bits per heavy atom. The molecule has 5 heteroatoms. The monoisotopic (exact) mass is 265 g/mol. The second-order valence-corrected chi connectivity index (χ2v) is 6.60. The lowest BCUT2D eigenvalue weighted by molar-refractivity contribution is -0.0501. The van der Waals surface area contributed by atoms with Gasteiger partial charge in [-0.1, -0.05) is 12.8 Å². The number of rotatable bonds is 2. The third-order valence-corrected chi connectivity index (χ3v) is 5.20. The van der Waals surface area contributed by atoms with Gasteiger partial charge in [0.05, 0.1) is 12.2 Å². The van der Waals surface area contributed by atoms with Crippen LogP contribution < -0.4 is 4.90 Å². The average Bonchev–Trinajstić information content (AvgIpc) is 2.96. The highest BCUT2D eigenvalue weighted by Gasteiger charge is 2.40. The number of nitrogens with zero attached hydrogens (tertiary/aromatic N) is 3. The van der Waals surface area contributed by atoms with E-state index in [1.54, 1.807) is 11.5 Å². The molecule has 2 saturated carbocycles. The molecule has 0 aromatic carbocycles. The van der Waals surface area contributed by atoms with E-state index in [-0.39, 0.29) is 5.60 Å². The lowest BCUT2D eigenvalue weighted by atomic mass is 10.0. The predicted octanol–water partition coefficient (Wildman–Crippen LogP) is 2.56. The summed E-state index contributed by atoms with van der Waals surface area (Å²) < 4.78 is 10.6. The van der Waals surface area contributed by atoms with Crippen LogP contribution in [0.25, 0.3) is 0 Å². The molecule has 1 spiro atoms. The van der Waals surface area contributed by atoms with Crippen LogP contribution in [0.1, 0.15) is 50.3 Å². The van der Waals surface area contributed by atoms with Gasteiger partial charge in [-0.3, -0.25) is 0 Å². The minimum Gasteiger partial charge on any atom is -0.371 e. The van der Waals surface area contributed by atoms with Crippen LogP contribution in [0.3, 0.4) is 0 Å². The van der Waals surface area contributed by atoms with E-state index in [0.29, 0.717) is 5.92 Å². The molecule has 4 nitrogen and oxygen atoms in total. The van der Waals surface area contributed by atoms with E-state index >= 15 is 0 Å². The maximum absolute atomic E-state index is 6.06. The van der Waals surface area contributed by atoms with Crippen LogP contribution in [-0.2, 0) is 4.74 Å². The van der Waals surface area contributed by atoms with Crippen LogP contribution in [0.4, 0.5) is 5.13 Å². The fourth-order valence-electron chi connectivity index (χ4n) is 3.19. The van der Waals surface area contributed by atoms with Gasteiger partial charge in [-0.15, -0.1) is 0 Å². The van der Waals surface area contributed by atoms with Gasteiger partial charge < -0.3 is 9.64 Å². The van der Waals surface area contributed by atoms with Crippen molar-refractivity contribution in [3.8, 4) is 0 Å². The van der Waals surface area contributed by atoms with Gasteiger partial charge in [0.25, 0.3) is 0 Å². The fourth-order valence-corrected chi connectivity index (χ4v) is 3.96. The van der Waals surface area contributed by atoms with Crippen molar-refractivity contribution >= 4 is 16.7 Å². The van der Waals surface area contributed by atoms with Crippen molar-refractivity contribution in [1.82, 2.24) is 9.36 Å². The Morgan fingerprint density at radius 1 is 1.28 bits per heavy atom. The molecule has 2 aliphatic carbocycles. The Kier molecular flexibility index (Phi) is 2.59. The molecule has 0 unspecified atom stereocenters. The van der Waals surface area contributed by atoms with Crippen LogP contribution >= 0.6 is 11.5 Å². The Morgan fingerprint density at radius 3 is 2.89 bits per heavy atom. The Labute approximate surface area is 112 Å². The number of anilines is 1. The van der Waals surface area contributed by atoms with E-state index in [9.17, 15) is 0 Å². The van der Waals surface area contributed by atoms with Crippen LogP contribution in [0, 0.1) is 0 Å². The molecule has 4 rings (SSSR count). The van der Waals surface area contributed by atoms with Gasteiger partial charge in [0.15, 0.2) is 0 Å². The summed E-state index contributed by atoms with van der Waals surface area (Å²) in [6.45, 7) is 2.84. The first kappa shape index (κ1) is 11.2. The molecule has 1 aromatic heterocycles. The van der Waals surface area contributed by atoms with Gasteiger partial charge in [0, 0.05) is 30.5 Å². The summed E-state index contributed by atoms with van der Waals surface area (Å²) in [5, 5.41) is 1.12. The van der Waals surface area contributed by atoms with Gasteiger partial charge >= 0.3 is 0 Å². The van der Waals surface area contributed by atoms with Crippen LogP contribution in [0.15, 0.2) is 0 Å². The van der Waals surface area contributed by atoms with Crippen LogP contribution in [-0.4, -0.2) is 34.7 Å². The van der Waals surface area contributed by atoms with E-state index in [1.807, 2.05) is 0 Å². The van der Waals surface area contributed by atoms with E-state index in [4.69, 9.17) is 9.72 Å². The summed E-state index contributed by atoms with van der Waals surface area (Å²) in [6, 6.07) is 0. The van der Waals surface area contributed by atoms with E-state index in [2.05, 4.69) is 9.27 Å². The zero-order valence-electron chi connectivity index (χ0n) is 10.6. The minimum atomic E-state index is 0.129. The first-order valence-corrected chi connectivity index (χ1v) is 7.85. The lowest BCUT2D eigenvalue weighted by Gasteiger charge is -2.40. The zero-order valence-corrected chi connectivity index (χ0v) is 11.4. The van der Waals surface area contributed by atoms with Gasteiger partial charge in [-0.25, -0.2) is 4.98 Å². The van der Waals surface area contributed by atoms with Crippen molar-refractivity contribution in [2.75, 3.05) is 24.6 Å². The summed E-state index contributed by atoms with van der Waals surface area (Å²) in [5.74, 6) is 1.75. The first-order valence-electron chi connectivity index (χ1n) is 7.07. The number of morpholine rings is 1. The highest BCUT2D eigenvalue weighted by Crippen LogP contribution is 2.41.